The number of hydrogen-bond acceptors (Lipinski definition) is 3. The molecule has 30 heavy (non-hydrogen) atoms. The molecule has 1 unspecified atom stereocenters. The number of carbonyl (C=O) groups excluding carboxylic acids is 1. The molecule has 0 spiro atoms. The van der Waals surface area contributed by atoms with Gasteiger partial charge in [-0.15, -0.1) is 0 Å². The second-order valence-corrected chi connectivity index (χ2v) is 8.03. The number of aldehydes is 1. The second kappa shape index (κ2) is 10.2. The van der Waals surface area contributed by atoms with Crippen LogP contribution in [0.15, 0.2) is 71.9 Å². The lowest BCUT2D eigenvalue weighted by Gasteiger charge is -2.18. The fraction of sp³-hybridized carbons (Fsp3) is 0.231. The zero-order chi connectivity index (χ0) is 21.5. The fourth-order valence-electron chi connectivity index (χ4n) is 3.36. The van der Waals surface area contributed by atoms with E-state index in [-0.39, 0.29) is 5.92 Å². The molecule has 0 aliphatic carbocycles. The van der Waals surface area contributed by atoms with Gasteiger partial charge in [0.05, 0.1) is 5.71 Å². The van der Waals surface area contributed by atoms with Crippen molar-refractivity contribution in [1.82, 2.24) is 0 Å². The molecule has 0 fully saturated rings. The van der Waals surface area contributed by atoms with Crippen LogP contribution in [0.2, 0.25) is 5.02 Å². The van der Waals surface area contributed by atoms with E-state index in [4.69, 9.17) is 16.4 Å². The van der Waals surface area contributed by atoms with Crippen LogP contribution in [-0.4, -0.2) is 12.0 Å². The Kier molecular flexibility index (Phi) is 7.42. The molecular formula is C26H26ClNO2. The van der Waals surface area contributed by atoms with Crippen LogP contribution in [0.3, 0.4) is 0 Å². The SMILES string of the molecule is CC(=NOCc1ccc(C=O)cc1)C(Cc1ccc(C)c(C)c1)c1cccc(Cl)c1. The molecule has 0 saturated carbocycles. The van der Waals surface area contributed by atoms with Gasteiger partial charge in [-0.25, -0.2) is 0 Å². The normalized spacial score (nSPS) is 12.5. The summed E-state index contributed by atoms with van der Waals surface area (Å²) in [4.78, 5) is 16.4. The third-order valence-corrected chi connectivity index (χ3v) is 5.56. The number of halogens is 1. The lowest BCUT2D eigenvalue weighted by Crippen LogP contribution is -2.13. The van der Waals surface area contributed by atoms with Gasteiger partial charge in [-0.2, -0.15) is 0 Å². The van der Waals surface area contributed by atoms with Crippen LogP contribution < -0.4 is 0 Å². The minimum absolute atomic E-state index is 0.0586. The molecule has 3 aromatic carbocycles. The van der Waals surface area contributed by atoms with E-state index < -0.39 is 0 Å². The lowest BCUT2D eigenvalue weighted by atomic mass is 9.88. The van der Waals surface area contributed by atoms with E-state index in [2.05, 4.69) is 43.3 Å². The number of carbonyl (C=O) groups is 1. The molecule has 1 atom stereocenters. The Labute approximate surface area is 183 Å². The molecule has 0 radical (unpaired) electrons. The standard InChI is InChI=1S/C26H26ClNO2/c1-18-7-8-23(13-19(18)2)14-26(24-5-4-6-25(27)15-24)20(3)28-30-17-22-11-9-21(16-29)10-12-22/h4-13,15-16,26H,14,17H2,1-3H3. The quantitative estimate of drug-likeness (QED) is 0.232. The highest BCUT2D eigenvalue weighted by Gasteiger charge is 2.17. The number of rotatable bonds is 8. The molecular weight excluding hydrogens is 394 g/mol. The van der Waals surface area contributed by atoms with Gasteiger partial charge in [-0.05, 0) is 67.1 Å². The first kappa shape index (κ1) is 21.8. The van der Waals surface area contributed by atoms with Gasteiger partial charge in [0.25, 0.3) is 0 Å². The van der Waals surface area contributed by atoms with Crippen LogP contribution in [0.1, 0.15) is 51.0 Å². The molecule has 0 saturated heterocycles. The van der Waals surface area contributed by atoms with Gasteiger partial charge in [-0.3, -0.25) is 4.79 Å². The van der Waals surface area contributed by atoms with Gasteiger partial charge >= 0.3 is 0 Å². The fourth-order valence-corrected chi connectivity index (χ4v) is 3.56. The largest absolute Gasteiger partial charge is 0.391 e. The summed E-state index contributed by atoms with van der Waals surface area (Å²) in [7, 11) is 0. The summed E-state index contributed by atoms with van der Waals surface area (Å²) in [5.41, 5.74) is 7.43. The predicted molar refractivity (Wildman–Crippen MR) is 124 cm³/mol. The van der Waals surface area contributed by atoms with Gasteiger partial charge in [0.2, 0.25) is 0 Å². The molecule has 0 aliphatic heterocycles. The summed E-state index contributed by atoms with van der Waals surface area (Å²) in [5, 5.41) is 5.12. The van der Waals surface area contributed by atoms with Crippen molar-refractivity contribution < 1.29 is 9.63 Å². The predicted octanol–water partition coefficient (Wildman–Crippen LogP) is 6.69. The summed E-state index contributed by atoms with van der Waals surface area (Å²) in [6.45, 7) is 6.59. The first-order chi connectivity index (χ1) is 14.5. The highest BCUT2D eigenvalue weighted by atomic mass is 35.5. The van der Waals surface area contributed by atoms with Crippen molar-refractivity contribution in [2.45, 2.75) is 39.7 Å². The Morgan fingerprint density at radius 2 is 1.73 bits per heavy atom. The zero-order valence-corrected chi connectivity index (χ0v) is 18.3. The highest BCUT2D eigenvalue weighted by molar-refractivity contribution is 6.30. The van der Waals surface area contributed by atoms with Crippen LogP contribution in [0.4, 0.5) is 0 Å². The molecule has 0 bridgehead atoms. The van der Waals surface area contributed by atoms with E-state index in [1.807, 2.05) is 37.3 Å². The van der Waals surface area contributed by atoms with E-state index in [1.54, 1.807) is 12.1 Å². The Balaban J connectivity index is 1.79. The average molecular weight is 420 g/mol. The van der Waals surface area contributed by atoms with Crippen LogP contribution in [-0.2, 0) is 17.9 Å². The van der Waals surface area contributed by atoms with E-state index in [1.165, 1.54) is 16.7 Å². The highest BCUT2D eigenvalue weighted by Crippen LogP contribution is 2.26. The van der Waals surface area contributed by atoms with Crippen molar-refractivity contribution in [3.63, 3.8) is 0 Å². The number of aryl methyl sites for hydroxylation is 2. The van der Waals surface area contributed by atoms with Crippen LogP contribution in [0, 0.1) is 13.8 Å². The van der Waals surface area contributed by atoms with Crippen molar-refractivity contribution in [3.8, 4) is 0 Å². The molecule has 0 heterocycles. The van der Waals surface area contributed by atoms with Crippen molar-refractivity contribution in [3.05, 3.63) is 105 Å². The van der Waals surface area contributed by atoms with E-state index >= 15 is 0 Å². The molecule has 3 nitrogen and oxygen atoms in total. The summed E-state index contributed by atoms with van der Waals surface area (Å²) in [6, 6.07) is 21.8. The third kappa shape index (κ3) is 5.80. The first-order valence-electron chi connectivity index (χ1n) is 9.98. The molecule has 0 aliphatic rings. The van der Waals surface area contributed by atoms with Gasteiger partial charge in [0, 0.05) is 16.5 Å². The summed E-state index contributed by atoms with van der Waals surface area (Å²) >= 11 is 6.26. The molecule has 154 valence electrons. The van der Waals surface area contributed by atoms with E-state index in [0.29, 0.717) is 17.2 Å². The summed E-state index contributed by atoms with van der Waals surface area (Å²) in [5.74, 6) is 0.0586. The van der Waals surface area contributed by atoms with Crippen LogP contribution in [0.25, 0.3) is 0 Å². The first-order valence-corrected chi connectivity index (χ1v) is 10.4. The number of benzene rings is 3. The second-order valence-electron chi connectivity index (χ2n) is 7.60. The Hall–Kier alpha value is -2.91. The van der Waals surface area contributed by atoms with Gasteiger partial charge in [-0.1, -0.05) is 71.4 Å². The zero-order valence-electron chi connectivity index (χ0n) is 17.6. The molecule has 3 aromatic rings. The summed E-state index contributed by atoms with van der Waals surface area (Å²) in [6.07, 6.45) is 1.64. The van der Waals surface area contributed by atoms with E-state index in [0.717, 1.165) is 29.5 Å². The number of hydrogen-bond donors (Lipinski definition) is 0. The third-order valence-electron chi connectivity index (χ3n) is 5.32. The van der Waals surface area contributed by atoms with Crippen molar-refractivity contribution >= 4 is 23.6 Å². The molecule has 0 aromatic heterocycles. The van der Waals surface area contributed by atoms with Crippen molar-refractivity contribution in [2.75, 3.05) is 0 Å². The molecule has 0 amide bonds. The minimum Gasteiger partial charge on any atom is -0.391 e. The minimum atomic E-state index is 0.0586. The summed E-state index contributed by atoms with van der Waals surface area (Å²) < 4.78 is 0. The average Bonchev–Trinajstić information content (AvgIpc) is 2.75. The smallest absolute Gasteiger partial charge is 0.150 e. The molecule has 4 heteroatoms. The topological polar surface area (TPSA) is 38.7 Å². The Morgan fingerprint density at radius 1 is 1.00 bits per heavy atom. The monoisotopic (exact) mass is 419 g/mol. The van der Waals surface area contributed by atoms with Gasteiger partial charge < -0.3 is 4.84 Å². The van der Waals surface area contributed by atoms with Gasteiger partial charge in [0.15, 0.2) is 0 Å². The molecule has 0 N–H and O–H groups in total. The maximum Gasteiger partial charge on any atom is 0.150 e. The number of oxime groups is 1. The maximum absolute atomic E-state index is 10.8. The maximum atomic E-state index is 10.8. The van der Waals surface area contributed by atoms with E-state index in [9.17, 15) is 4.79 Å². The Morgan fingerprint density at radius 3 is 2.40 bits per heavy atom. The Bertz CT molecular complexity index is 1040. The van der Waals surface area contributed by atoms with Crippen LogP contribution >= 0.6 is 11.6 Å². The van der Waals surface area contributed by atoms with Crippen molar-refractivity contribution in [2.24, 2.45) is 5.16 Å². The van der Waals surface area contributed by atoms with Crippen LogP contribution in [0.5, 0.6) is 0 Å². The van der Waals surface area contributed by atoms with Crippen molar-refractivity contribution in [1.29, 1.82) is 0 Å². The number of nitrogens with zero attached hydrogens (tertiary/aromatic N) is 1. The van der Waals surface area contributed by atoms with Gasteiger partial charge in [0.1, 0.15) is 12.9 Å². The lowest BCUT2D eigenvalue weighted by molar-refractivity contribution is 0.112. The molecule has 3 rings (SSSR count).